The third-order valence-corrected chi connectivity index (χ3v) is 3.35. The van der Waals surface area contributed by atoms with E-state index in [0.717, 1.165) is 18.6 Å². The summed E-state index contributed by atoms with van der Waals surface area (Å²) in [7, 11) is 1.54. The lowest BCUT2D eigenvalue weighted by Gasteiger charge is -2.27. The van der Waals surface area contributed by atoms with Gasteiger partial charge in [0.15, 0.2) is 0 Å². The summed E-state index contributed by atoms with van der Waals surface area (Å²) in [5.74, 6) is -1.26. The van der Waals surface area contributed by atoms with Gasteiger partial charge in [-0.25, -0.2) is 4.39 Å². The van der Waals surface area contributed by atoms with Gasteiger partial charge in [-0.05, 0) is 37.1 Å². The molecule has 120 valence electrons. The summed E-state index contributed by atoms with van der Waals surface area (Å²) >= 11 is 0. The Morgan fingerprint density at radius 1 is 1.24 bits per heavy atom. The summed E-state index contributed by atoms with van der Waals surface area (Å²) in [6.45, 7) is 4.56. The average Bonchev–Trinajstić information content (AvgIpc) is 2.42. The zero-order valence-electron chi connectivity index (χ0n) is 12.4. The van der Waals surface area contributed by atoms with Gasteiger partial charge in [-0.3, -0.25) is 0 Å². The highest BCUT2D eigenvalue weighted by Gasteiger charge is 2.34. The summed E-state index contributed by atoms with van der Waals surface area (Å²) in [4.78, 5) is 0. The highest BCUT2D eigenvalue weighted by atomic mass is 19.4. The molecule has 0 aromatic heterocycles. The SMILES string of the molecule is CCCNC(c1ccc(C(F)(F)F)c(F)c1)C(CC)OC. The molecule has 2 atom stereocenters. The normalized spacial score (nSPS) is 15.0. The Hall–Kier alpha value is -1.14. The van der Waals surface area contributed by atoms with E-state index < -0.39 is 17.6 Å². The van der Waals surface area contributed by atoms with Gasteiger partial charge in [-0.15, -0.1) is 0 Å². The van der Waals surface area contributed by atoms with Gasteiger partial charge >= 0.3 is 6.18 Å². The van der Waals surface area contributed by atoms with Crippen LogP contribution in [0.4, 0.5) is 17.6 Å². The Morgan fingerprint density at radius 2 is 1.90 bits per heavy atom. The van der Waals surface area contributed by atoms with E-state index in [1.165, 1.54) is 13.2 Å². The summed E-state index contributed by atoms with van der Waals surface area (Å²) < 4.78 is 56.8. The van der Waals surface area contributed by atoms with E-state index in [2.05, 4.69) is 5.32 Å². The number of alkyl halides is 3. The molecule has 0 saturated carbocycles. The van der Waals surface area contributed by atoms with E-state index in [9.17, 15) is 17.6 Å². The molecular weight excluding hydrogens is 286 g/mol. The van der Waals surface area contributed by atoms with Gasteiger partial charge in [0.2, 0.25) is 0 Å². The first-order valence-electron chi connectivity index (χ1n) is 6.97. The molecule has 6 heteroatoms. The molecule has 1 aromatic rings. The third kappa shape index (κ3) is 4.68. The van der Waals surface area contributed by atoms with Crippen LogP contribution in [0.3, 0.4) is 0 Å². The molecule has 1 rings (SSSR count). The van der Waals surface area contributed by atoms with Crippen LogP contribution in [-0.4, -0.2) is 19.8 Å². The second-order valence-electron chi connectivity index (χ2n) is 4.85. The van der Waals surface area contributed by atoms with E-state index >= 15 is 0 Å². The Morgan fingerprint density at radius 3 is 2.33 bits per heavy atom. The molecule has 21 heavy (non-hydrogen) atoms. The lowest BCUT2D eigenvalue weighted by molar-refractivity contribution is -0.140. The van der Waals surface area contributed by atoms with Crippen LogP contribution in [0.1, 0.15) is 43.9 Å². The predicted octanol–water partition coefficient (Wildman–Crippen LogP) is 4.31. The first-order valence-corrected chi connectivity index (χ1v) is 6.97. The lowest BCUT2D eigenvalue weighted by atomic mass is 9.97. The number of ether oxygens (including phenoxy) is 1. The maximum absolute atomic E-state index is 13.7. The summed E-state index contributed by atoms with van der Waals surface area (Å²) in [5, 5.41) is 3.20. The molecule has 0 aliphatic carbocycles. The molecule has 0 aliphatic heterocycles. The first kappa shape index (κ1) is 17.9. The number of nitrogens with one attached hydrogen (secondary N) is 1. The van der Waals surface area contributed by atoms with Crippen molar-refractivity contribution in [1.29, 1.82) is 0 Å². The number of rotatable bonds is 7. The third-order valence-electron chi connectivity index (χ3n) is 3.35. The van der Waals surface area contributed by atoms with Gasteiger partial charge in [-0.2, -0.15) is 13.2 Å². The van der Waals surface area contributed by atoms with Crippen molar-refractivity contribution in [2.24, 2.45) is 0 Å². The summed E-state index contributed by atoms with van der Waals surface area (Å²) in [5.41, 5.74) is -0.784. The molecular formula is C15H21F4NO. The van der Waals surface area contributed by atoms with Crippen LogP contribution in [-0.2, 0) is 10.9 Å². The smallest absolute Gasteiger partial charge is 0.379 e. The van der Waals surface area contributed by atoms with Gasteiger partial charge in [0.25, 0.3) is 0 Å². The quantitative estimate of drug-likeness (QED) is 0.758. The second-order valence-corrected chi connectivity index (χ2v) is 4.85. The Bertz CT molecular complexity index is 444. The molecule has 0 aliphatic rings. The van der Waals surface area contributed by atoms with Crippen LogP contribution in [0, 0.1) is 5.82 Å². The molecule has 0 radical (unpaired) electrons. The van der Waals surface area contributed by atoms with Crippen molar-refractivity contribution in [3.63, 3.8) is 0 Å². The predicted molar refractivity (Wildman–Crippen MR) is 73.5 cm³/mol. The van der Waals surface area contributed by atoms with Crippen molar-refractivity contribution in [2.75, 3.05) is 13.7 Å². The number of hydrogen-bond donors (Lipinski definition) is 1. The average molecular weight is 307 g/mol. The van der Waals surface area contributed by atoms with Gasteiger partial charge in [0.05, 0.1) is 17.7 Å². The molecule has 0 amide bonds. The minimum absolute atomic E-state index is 0.229. The standard InChI is InChI=1S/C15H21F4NO/c1-4-8-20-14(13(5-2)21-3)10-6-7-11(12(16)9-10)15(17,18)19/h6-7,9,13-14,20H,4-5,8H2,1-3H3. The van der Waals surface area contributed by atoms with Crippen molar-refractivity contribution in [1.82, 2.24) is 5.32 Å². The van der Waals surface area contributed by atoms with E-state index in [-0.39, 0.29) is 12.1 Å². The highest BCUT2D eigenvalue weighted by Crippen LogP contribution is 2.33. The fourth-order valence-corrected chi connectivity index (χ4v) is 2.26. The molecule has 1 aromatic carbocycles. The van der Waals surface area contributed by atoms with Crippen LogP contribution in [0.15, 0.2) is 18.2 Å². The Labute approximate surface area is 122 Å². The van der Waals surface area contributed by atoms with Gasteiger partial charge in [0.1, 0.15) is 5.82 Å². The fraction of sp³-hybridized carbons (Fsp3) is 0.600. The highest BCUT2D eigenvalue weighted by molar-refractivity contribution is 5.29. The number of hydrogen-bond acceptors (Lipinski definition) is 2. The van der Waals surface area contributed by atoms with Crippen LogP contribution in [0.5, 0.6) is 0 Å². The molecule has 0 fully saturated rings. The zero-order chi connectivity index (χ0) is 16.0. The molecule has 0 saturated heterocycles. The van der Waals surface area contributed by atoms with Crippen LogP contribution >= 0.6 is 0 Å². The summed E-state index contributed by atoms with van der Waals surface area (Å²) in [6.07, 6.45) is -3.38. The molecule has 2 nitrogen and oxygen atoms in total. The van der Waals surface area contributed by atoms with E-state index in [1.54, 1.807) is 0 Å². The van der Waals surface area contributed by atoms with Gasteiger partial charge < -0.3 is 10.1 Å². The fourth-order valence-electron chi connectivity index (χ4n) is 2.26. The van der Waals surface area contributed by atoms with Crippen molar-refractivity contribution in [3.8, 4) is 0 Å². The first-order chi connectivity index (χ1) is 9.85. The van der Waals surface area contributed by atoms with Gasteiger partial charge in [0, 0.05) is 7.11 Å². The zero-order valence-corrected chi connectivity index (χ0v) is 12.4. The Balaban J connectivity index is 3.10. The molecule has 2 unspecified atom stereocenters. The molecule has 0 spiro atoms. The van der Waals surface area contributed by atoms with Crippen LogP contribution < -0.4 is 5.32 Å². The topological polar surface area (TPSA) is 21.3 Å². The van der Waals surface area contributed by atoms with Crippen molar-refractivity contribution in [3.05, 3.63) is 35.1 Å². The molecule has 0 bridgehead atoms. The largest absolute Gasteiger partial charge is 0.419 e. The minimum atomic E-state index is -4.68. The van der Waals surface area contributed by atoms with Crippen molar-refractivity contribution < 1.29 is 22.3 Å². The monoisotopic (exact) mass is 307 g/mol. The number of halogens is 4. The van der Waals surface area contributed by atoms with E-state index in [0.29, 0.717) is 18.5 Å². The van der Waals surface area contributed by atoms with Crippen molar-refractivity contribution in [2.45, 2.75) is 45.0 Å². The van der Waals surface area contributed by atoms with Crippen LogP contribution in [0.25, 0.3) is 0 Å². The minimum Gasteiger partial charge on any atom is -0.379 e. The van der Waals surface area contributed by atoms with E-state index in [4.69, 9.17) is 4.74 Å². The number of methoxy groups -OCH3 is 1. The van der Waals surface area contributed by atoms with E-state index in [1.807, 2.05) is 13.8 Å². The van der Waals surface area contributed by atoms with Gasteiger partial charge in [-0.1, -0.05) is 19.9 Å². The Kier molecular flexibility index (Phi) is 6.61. The lowest BCUT2D eigenvalue weighted by Crippen LogP contribution is -2.33. The number of benzene rings is 1. The molecule has 0 heterocycles. The maximum Gasteiger partial charge on any atom is 0.419 e. The van der Waals surface area contributed by atoms with Crippen LogP contribution in [0.2, 0.25) is 0 Å². The van der Waals surface area contributed by atoms with Crippen molar-refractivity contribution >= 4 is 0 Å². The maximum atomic E-state index is 13.7. The summed E-state index contributed by atoms with van der Waals surface area (Å²) in [6, 6.07) is 2.70. The second kappa shape index (κ2) is 7.75. The molecule has 1 N–H and O–H groups in total.